The molecular formula is C19H22N4O. The van der Waals surface area contributed by atoms with Crippen molar-refractivity contribution in [2.75, 3.05) is 13.6 Å². The van der Waals surface area contributed by atoms with Crippen molar-refractivity contribution in [2.24, 2.45) is 0 Å². The van der Waals surface area contributed by atoms with Gasteiger partial charge in [0.15, 0.2) is 0 Å². The van der Waals surface area contributed by atoms with Gasteiger partial charge < -0.3 is 4.90 Å². The van der Waals surface area contributed by atoms with Gasteiger partial charge in [0.05, 0.1) is 5.69 Å². The van der Waals surface area contributed by atoms with Crippen LogP contribution in [0.25, 0.3) is 5.65 Å². The molecule has 1 amide bonds. The largest absolute Gasteiger partial charge is 0.340 e. The van der Waals surface area contributed by atoms with Crippen LogP contribution in [0, 0.1) is 6.92 Å². The summed E-state index contributed by atoms with van der Waals surface area (Å²) in [6.45, 7) is 4.72. The molecule has 124 valence electrons. The Bertz CT molecular complexity index is 854. The van der Waals surface area contributed by atoms with Gasteiger partial charge in [-0.1, -0.05) is 6.92 Å². The first-order valence-corrected chi connectivity index (χ1v) is 8.22. The number of aromatic nitrogens is 3. The monoisotopic (exact) mass is 322 g/mol. The van der Waals surface area contributed by atoms with E-state index < -0.39 is 0 Å². The molecule has 0 atom stereocenters. The van der Waals surface area contributed by atoms with Crippen molar-refractivity contribution in [3.63, 3.8) is 0 Å². The second-order valence-electron chi connectivity index (χ2n) is 6.03. The number of hydrogen-bond acceptors (Lipinski definition) is 3. The molecule has 5 nitrogen and oxygen atoms in total. The maximum atomic E-state index is 13.0. The van der Waals surface area contributed by atoms with Crippen LogP contribution in [0.2, 0.25) is 0 Å². The van der Waals surface area contributed by atoms with Gasteiger partial charge in [0.25, 0.3) is 5.91 Å². The van der Waals surface area contributed by atoms with Crippen LogP contribution >= 0.6 is 0 Å². The zero-order valence-corrected chi connectivity index (χ0v) is 14.4. The molecule has 0 bridgehead atoms. The fraction of sp³-hybridized carbons (Fsp3) is 0.316. The van der Waals surface area contributed by atoms with Crippen LogP contribution in [0.4, 0.5) is 0 Å². The van der Waals surface area contributed by atoms with Gasteiger partial charge in [0.1, 0.15) is 11.3 Å². The molecule has 0 spiro atoms. The fourth-order valence-corrected chi connectivity index (χ4v) is 2.80. The molecule has 0 aromatic carbocycles. The van der Waals surface area contributed by atoms with Gasteiger partial charge in [-0.25, -0.2) is 4.98 Å². The summed E-state index contributed by atoms with van der Waals surface area (Å²) < 4.78 is 1.90. The molecule has 0 fully saturated rings. The number of amides is 1. The first-order chi connectivity index (χ1) is 11.6. The molecule has 0 radical (unpaired) electrons. The SMILES string of the molecule is CCc1nc2cc(C)ccn2c1C(=O)N(C)CCc1ccncc1. The van der Waals surface area contributed by atoms with Crippen molar-refractivity contribution in [1.82, 2.24) is 19.3 Å². The molecular weight excluding hydrogens is 300 g/mol. The topological polar surface area (TPSA) is 50.5 Å². The average Bonchev–Trinajstić information content (AvgIpc) is 2.97. The number of rotatable bonds is 5. The Morgan fingerprint density at radius 1 is 1.25 bits per heavy atom. The third kappa shape index (κ3) is 3.15. The van der Waals surface area contributed by atoms with E-state index in [2.05, 4.69) is 9.97 Å². The van der Waals surface area contributed by atoms with E-state index in [1.807, 2.05) is 55.8 Å². The molecule has 3 rings (SSSR count). The number of nitrogens with zero attached hydrogens (tertiary/aromatic N) is 4. The molecule has 0 aliphatic heterocycles. The van der Waals surface area contributed by atoms with Crippen LogP contribution in [0.15, 0.2) is 42.9 Å². The summed E-state index contributed by atoms with van der Waals surface area (Å²) in [7, 11) is 1.84. The lowest BCUT2D eigenvalue weighted by molar-refractivity contribution is 0.0788. The highest BCUT2D eigenvalue weighted by Crippen LogP contribution is 2.17. The second kappa shape index (κ2) is 6.83. The Hall–Kier alpha value is -2.69. The zero-order chi connectivity index (χ0) is 17.1. The van der Waals surface area contributed by atoms with Crippen molar-refractivity contribution >= 4 is 11.6 Å². The van der Waals surface area contributed by atoms with E-state index in [1.165, 1.54) is 5.56 Å². The number of fused-ring (bicyclic) bond motifs is 1. The van der Waals surface area contributed by atoms with Crippen molar-refractivity contribution < 1.29 is 4.79 Å². The summed E-state index contributed by atoms with van der Waals surface area (Å²) in [4.78, 5) is 23.4. The smallest absolute Gasteiger partial charge is 0.272 e. The summed E-state index contributed by atoms with van der Waals surface area (Å²) >= 11 is 0. The Balaban J connectivity index is 1.84. The van der Waals surface area contributed by atoms with Crippen LogP contribution in [0.1, 0.15) is 34.2 Å². The molecule has 0 unspecified atom stereocenters. The van der Waals surface area contributed by atoms with Gasteiger partial charge in [-0.3, -0.25) is 14.2 Å². The highest BCUT2D eigenvalue weighted by molar-refractivity contribution is 5.94. The molecule has 0 saturated carbocycles. The zero-order valence-electron chi connectivity index (χ0n) is 14.4. The number of imidazole rings is 1. The van der Waals surface area contributed by atoms with E-state index >= 15 is 0 Å². The summed E-state index contributed by atoms with van der Waals surface area (Å²) in [5.41, 5.74) is 4.66. The molecule has 3 aromatic heterocycles. The van der Waals surface area contributed by atoms with Gasteiger partial charge in [-0.2, -0.15) is 0 Å². The number of likely N-dealkylation sites (N-methyl/N-ethyl adjacent to an activating group) is 1. The van der Waals surface area contributed by atoms with E-state index in [4.69, 9.17) is 0 Å². The van der Waals surface area contributed by atoms with E-state index in [9.17, 15) is 4.79 Å². The minimum absolute atomic E-state index is 0.0114. The maximum Gasteiger partial charge on any atom is 0.272 e. The molecule has 3 heterocycles. The quantitative estimate of drug-likeness (QED) is 0.726. The van der Waals surface area contributed by atoms with Gasteiger partial charge in [-0.05, 0) is 55.2 Å². The standard InChI is InChI=1S/C19H22N4O/c1-4-16-18(23-12-7-14(2)13-17(23)21-16)19(24)22(3)11-8-15-5-9-20-10-6-15/h5-7,9-10,12-13H,4,8,11H2,1-3H3. The molecule has 5 heteroatoms. The van der Waals surface area contributed by atoms with Crippen molar-refractivity contribution in [3.05, 3.63) is 65.4 Å². The number of hydrogen-bond donors (Lipinski definition) is 0. The van der Waals surface area contributed by atoms with E-state index in [0.29, 0.717) is 12.2 Å². The lowest BCUT2D eigenvalue weighted by atomic mass is 10.2. The Morgan fingerprint density at radius 2 is 2.00 bits per heavy atom. The maximum absolute atomic E-state index is 13.0. The van der Waals surface area contributed by atoms with Crippen LogP contribution in [0.5, 0.6) is 0 Å². The van der Waals surface area contributed by atoms with Gasteiger partial charge in [0.2, 0.25) is 0 Å². The predicted molar refractivity (Wildman–Crippen MR) is 94.2 cm³/mol. The molecule has 0 N–H and O–H groups in total. The minimum Gasteiger partial charge on any atom is -0.340 e. The molecule has 3 aromatic rings. The average molecular weight is 322 g/mol. The Morgan fingerprint density at radius 3 is 2.71 bits per heavy atom. The lowest BCUT2D eigenvalue weighted by Crippen LogP contribution is -2.30. The highest BCUT2D eigenvalue weighted by Gasteiger charge is 2.21. The van der Waals surface area contributed by atoms with Crippen molar-refractivity contribution in [1.29, 1.82) is 0 Å². The van der Waals surface area contributed by atoms with Crippen LogP contribution in [-0.2, 0) is 12.8 Å². The number of pyridine rings is 2. The second-order valence-corrected chi connectivity index (χ2v) is 6.03. The summed E-state index contributed by atoms with van der Waals surface area (Å²) in [5.74, 6) is 0.0114. The van der Waals surface area contributed by atoms with Crippen LogP contribution < -0.4 is 0 Å². The highest BCUT2D eigenvalue weighted by atomic mass is 16.2. The summed E-state index contributed by atoms with van der Waals surface area (Å²) in [6, 6.07) is 7.97. The summed E-state index contributed by atoms with van der Waals surface area (Å²) in [6.07, 6.45) is 7.03. The minimum atomic E-state index is 0.0114. The van der Waals surface area contributed by atoms with Crippen LogP contribution in [-0.4, -0.2) is 38.8 Å². The third-order valence-electron chi connectivity index (χ3n) is 4.22. The lowest BCUT2D eigenvalue weighted by Gasteiger charge is -2.17. The van der Waals surface area contributed by atoms with Crippen molar-refractivity contribution in [3.8, 4) is 0 Å². The van der Waals surface area contributed by atoms with E-state index in [-0.39, 0.29) is 5.91 Å². The van der Waals surface area contributed by atoms with E-state index in [0.717, 1.165) is 29.7 Å². The first-order valence-electron chi connectivity index (χ1n) is 8.22. The van der Waals surface area contributed by atoms with E-state index in [1.54, 1.807) is 17.3 Å². The van der Waals surface area contributed by atoms with Gasteiger partial charge >= 0.3 is 0 Å². The van der Waals surface area contributed by atoms with Crippen molar-refractivity contribution in [2.45, 2.75) is 26.7 Å². The number of aryl methyl sites for hydroxylation is 2. The molecule has 0 aliphatic rings. The number of carbonyl (C=O) groups excluding carboxylic acids is 1. The van der Waals surface area contributed by atoms with Gasteiger partial charge in [0, 0.05) is 32.2 Å². The Kier molecular flexibility index (Phi) is 4.60. The fourth-order valence-electron chi connectivity index (χ4n) is 2.80. The third-order valence-corrected chi connectivity index (χ3v) is 4.22. The van der Waals surface area contributed by atoms with Crippen LogP contribution in [0.3, 0.4) is 0 Å². The van der Waals surface area contributed by atoms with Gasteiger partial charge in [-0.15, -0.1) is 0 Å². The number of carbonyl (C=O) groups is 1. The molecule has 24 heavy (non-hydrogen) atoms. The molecule has 0 aliphatic carbocycles. The predicted octanol–water partition coefficient (Wildman–Crippen LogP) is 2.91. The normalized spacial score (nSPS) is 11.0. The first kappa shape index (κ1) is 16.2. The Labute approximate surface area is 142 Å². The summed E-state index contributed by atoms with van der Waals surface area (Å²) in [5, 5.41) is 0. The molecule has 0 saturated heterocycles.